The first-order chi connectivity index (χ1) is 20.9. The van der Waals surface area contributed by atoms with Crippen molar-refractivity contribution >= 4 is 63.8 Å². The molecule has 0 bridgehead atoms. The van der Waals surface area contributed by atoms with Crippen LogP contribution >= 0.6 is 46.6 Å². The Balaban J connectivity index is 1.16. The normalized spacial score (nSPS) is 11.8. The number of thiazole rings is 1. The van der Waals surface area contributed by atoms with E-state index in [4.69, 9.17) is 23.1 Å². The van der Waals surface area contributed by atoms with Crippen molar-refractivity contribution in [2.45, 2.75) is 50.2 Å². The van der Waals surface area contributed by atoms with Crippen LogP contribution in [0.2, 0.25) is 5.02 Å². The first kappa shape index (κ1) is 35.0. The van der Waals surface area contributed by atoms with Gasteiger partial charge < -0.3 is 21.7 Å². The number of rotatable bonds is 20. The van der Waals surface area contributed by atoms with Crippen molar-refractivity contribution in [3.05, 3.63) is 76.0 Å². The van der Waals surface area contributed by atoms with Crippen molar-refractivity contribution in [2.75, 3.05) is 38.2 Å². The quantitative estimate of drug-likeness (QED) is 0.0474. The van der Waals surface area contributed by atoms with E-state index >= 15 is 0 Å². The molecule has 6 N–H and O–H groups in total. The lowest BCUT2D eigenvalue weighted by Gasteiger charge is -2.22. The average Bonchev–Trinajstić information content (AvgIpc) is 3.44. The predicted octanol–water partition coefficient (Wildman–Crippen LogP) is 6.38. The third-order valence-corrected chi connectivity index (χ3v) is 9.65. The number of halogens is 1. The van der Waals surface area contributed by atoms with Gasteiger partial charge in [0.25, 0.3) is 0 Å². The van der Waals surface area contributed by atoms with Crippen LogP contribution in [0.25, 0.3) is 0 Å². The number of carbonyl (C=O) groups excluding carboxylic acids is 1. The van der Waals surface area contributed by atoms with Gasteiger partial charge in [-0.2, -0.15) is 16.8 Å². The van der Waals surface area contributed by atoms with Gasteiger partial charge in [0.15, 0.2) is 5.96 Å². The molecule has 234 valence electrons. The second-order valence-corrected chi connectivity index (χ2v) is 13.4. The van der Waals surface area contributed by atoms with E-state index in [9.17, 15) is 4.79 Å². The Hall–Kier alpha value is -2.51. The molecule has 0 aliphatic carbocycles. The number of hydrogen-bond acceptors (Lipinski definition) is 8. The van der Waals surface area contributed by atoms with Crippen LogP contribution in [0.5, 0.6) is 0 Å². The maximum atomic E-state index is 12.0. The highest BCUT2D eigenvalue weighted by Gasteiger charge is 2.16. The van der Waals surface area contributed by atoms with E-state index in [1.165, 1.54) is 48.1 Å². The van der Waals surface area contributed by atoms with Crippen molar-refractivity contribution in [3.63, 3.8) is 0 Å². The van der Waals surface area contributed by atoms with Crippen LogP contribution in [0.3, 0.4) is 0 Å². The summed E-state index contributed by atoms with van der Waals surface area (Å²) in [5.41, 5.74) is 14.0. The second-order valence-electron chi connectivity index (χ2n) is 10.1. The number of nitrogens with one attached hydrogen (secondary N) is 2. The first-order valence-corrected chi connectivity index (χ1v) is 17.9. The molecule has 43 heavy (non-hydrogen) atoms. The van der Waals surface area contributed by atoms with E-state index in [0.29, 0.717) is 11.7 Å². The molecule has 1 atom stereocenters. The van der Waals surface area contributed by atoms with Crippen LogP contribution < -0.4 is 21.5 Å². The Morgan fingerprint density at radius 1 is 1.07 bits per heavy atom. The maximum Gasteiger partial charge on any atom is 0.324 e. The zero-order valence-electron chi connectivity index (χ0n) is 24.7. The SMILES string of the molecule is CN(CCCCCCCNC(=O)NSCCSCc1csc(N=C(N)N)n1)CCC(c1ccc(Cl)cc1)c1ccccn1. The number of nitrogens with two attached hydrogens (primary N) is 2. The molecule has 2 amide bonds. The minimum Gasteiger partial charge on any atom is -0.370 e. The third-order valence-electron chi connectivity index (χ3n) is 6.63. The summed E-state index contributed by atoms with van der Waals surface area (Å²) in [6.07, 6.45) is 8.53. The molecule has 1 unspecified atom stereocenters. The summed E-state index contributed by atoms with van der Waals surface area (Å²) in [6.45, 7) is 2.78. The van der Waals surface area contributed by atoms with E-state index in [0.717, 1.165) is 66.0 Å². The summed E-state index contributed by atoms with van der Waals surface area (Å²) in [5, 5.41) is 6.23. The number of urea groups is 1. The first-order valence-electron chi connectivity index (χ1n) is 14.5. The van der Waals surface area contributed by atoms with Gasteiger partial charge in [-0.3, -0.25) is 9.71 Å². The van der Waals surface area contributed by atoms with Crippen LogP contribution in [0, 0.1) is 0 Å². The van der Waals surface area contributed by atoms with Crippen LogP contribution in [0.15, 0.2) is 59.0 Å². The van der Waals surface area contributed by atoms with Gasteiger partial charge in [0.2, 0.25) is 5.13 Å². The number of guanidine groups is 1. The molecule has 3 rings (SSSR count). The van der Waals surface area contributed by atoms with Gasteiger partial charge in [-0.05, 0) is 81.2 Å². The van der Waals surface area contributed by atoms with Gasteiger partial charge in [-0.15, -0.1) is 11.3 Å². The number of benzene rings is 1. The average molecular weight is 663 g/mol. The molecule has 9 nitrogen and oxygen atoms in total. The minimum absolute atomic E-state index is 0.0158. The van der Waals surface area contributed by atoms with Gasteiger partial charge in [-0.25, -0.2) is 9.78 Å². The Morgan fingerprint density at radius 3 is 2.63 bits per heavy atom. The molecule has 0 fully saturated rings. The molecule has 0 saturated heterocycles. The van der Waals surface area contributed by atoms with Crippen molar-refractivity contribution in [3.8, 4) is 0 Å². The largest absolute Gasteiger partial charge is 0.370 e. The number of carbonyl (C=O) groups is 1. The molecule has 3 aromatic rings. The summed E-state index contributed by atoms with van der Waals surface area (Å²) in [7, 11) is 2.20. The van der Waals surface area contributed by atoms with E-state index < -0.39 is 0 Å². The molecule has 0 aliphatic heterocycles. The van der Waals surface area contributed by atoms with E-state index in [1.807, 2.05) is 29.8 Å². The van der Waals surface area contributed by atoms with Gasteiger partial charge in [0.05, 0.1) is 5.69 Å². The Morgan fingerprint density at radius 2 is 1.86 bits per heavy atom. The zero-order valence-corrected chi connectivity index (χ0v) is 27.9. The van der Waals surface area contributed by atoms with Crippen molar-refractivity contribution in [1.82, 2.24) is 24.9 Å². The maximum absolute atomic E-state index is 12.0. The fourth-order valence-electron chi connectivity index (χ4n) is 4.42. The third kappa shape index (κ3) is 14.7. The second kappa shape index (κ2) is 20.4. The highest BCUT2D eigenvalue weighted by atomic mass is 35.5. The van der Waals surface area contributed by atoms with Crippen molar-refractivity contribution in [1.29, 1.82) is 0 Å². The van der Waals surface area contributed by atoms with Crippen molar-refractivity contribution in [2.24, 2.45) is 16.5 Å². The number of pyridine rings is 1. The molecule has 0 aliphatic rings. The number of aromatic nitrogens is 2. The van der Waals surface area contributed by atoms with Gasteiger partial charge in [0.1, 0.15) is 0 Å². The van der Waals surface area contributed by atoms with Crippen molar-refractivity contribution < 1.29 is 4.79 Å². The Bertz CT molecular complexity index is 1230. The topological polar surface area (TPSA) is 135 Å². The standard InChI is InChI=1S/C30H43ClN8OS3/c1-39(18-14-26(27-9-5-7-15-34-27)23-10-12-24(31)13-11-23)17-8-4-2-3-6-16-35-29(40)38-43-20-19-41-21-25-22-42-30(36-25)37-28(32)33/h5,7,9-13,15,22,26H,2-4,6,8,14,16-21H2,1H3,(H2,35,38,40)(H4,32,33,36,37). The lowest BCUT2D eigenvalue weighted by atomic mass is 9.92. The van der Waals surface area contributed by atoms with E-state index in [2.05, 4.69) is 61.2 Å². The zero-order chi connectivity index (χ0) is 30.7. The van der Waals surface area contributed by atoms with Crippen LogP contribution in [0.1, 0.15) is 61.4 Å². The van der Waals surface area contributed by atoms with E-state index in [-0.39, 0.29) is 17.9 Å². The number of unbranched alkanes of at least 4 members (excludes halogenated alkanes) is 4. The fraction of sp³-hybridized carbons (Fsp3) is 0.467. The highest BCUT2D eigenvalue weighted by Crippen LogP contribution is 2.28. The Kier molecular flexibility index (Phi) is 16.6. The van der Waals surface area contributed by atoms with Crippen LogP contribution in [0.4, 0.5) is 9.93 Å². The number of nitrogens with zero attached hydrogens (tertiary/aromatic N) is 4. The molecule has 2 aromatic heterocycles. The molecule has 13 heteroatoms. The molecule has 2 heterocycles. The lowest BCUT2D eigenvalue weighted by Crippen LogP contribution is -2.32. The van der Waals surface area contributed by atoms with E-state index in [1.54, 1.807) is 11.8 Å². The minimum atomic E-state index is -0.124. The van der Waals surface area contributed by atoms with Crippen LogP contribution in [-0.2, 0) is 5.75 Å². The number of amides is 2. The predicted molar refractivity (Wildman–Crippen MR) is 185 cm³/mol. The van der Waals surface area contributed by atoms with Gasteiger partial charge >= 0.3 is 6.03 Å². The Labute approximate surface area is 273 Å². The molecule has 0 radical (unpaired) electrons. The molecular weight excluding hydrogens is 620 g/mol. The molecule has 0 saturated carbocycles. The molecule has 0 spiro atoms. The van der Waals surface area contributed by atoms with Crippen LogP contribution in [-0.4, -0.2) is 65.0 Å². The number of thioether (sulfide) groups is 1. The van der Waals surface area contributed by atoms with Gasteiger partial charge in [-0.1, -0.05) is 49.1 Å². The molecular formula is C30H43ClN8OS3. The fourth-order valence-corrected chi connectivity index (χ4v) is 6.97. The lowest BCUT2D eigenvalue weighted by molar-refractivity contribution is 0.246. The monoisotopic (exact) mass is 662 g/mol. The van der Waals surface area contributed by atoms with Gasteiger partial charge in [0, 0.05) is 52.0 Å². The summed E-state index contributed by atoms with van der Waals surface area (Å²) in [6, 6.07) is 14.1. The summed E-state index contributed by atoms with van der Waals surface area (Å²) >= 11 is 10.7. The number of aliphatic imine (C=N–C) groups is 1. The summed E-state index contributed by atoms with van der Waals surface area (Å²) < 4.78 is 2.85. The smallest absolute Gasteiger partial charge is 0.324 e. The summed E-state index contributed by atoms with van der Waals surface area (Å²) in [4.78, 5) is 27.3. The highest BCUT2D eigenvalue weighted by molar-refractivity contribution is 8.01. The summed E-state index contributed by atoms with van der Waals surface area (Å²) in [5.74, 6) is 2.78. The molecule has 1 aromatic carbocycles. The number of hydrogen-bond donors (Lipinski definition) is 4.